The molecule has 0 aliphatic carbocycles. The average Bonchev–Trinajstić information content (AvgIpc) is 3.14. The van der Waals surface area contributed by atoms with Gasteiger partial charge in [0.1, 0.15) is 0 Å². The van der Waals surface area contributed by atoms with Crippen LogP contribution in [0, 0.1) is 5.92 Å². The van der Waals surface area contributed by atoms with Crippen LogP contribution in [0.2, 0.25) is 0 Å². The first-order valence-electron chi connectivity index (χ1n) is 8.62. The van der Waals surface area contributed by atoms with Crippen molar-refractivity contribution in [3.8, 4) is 0 Å². The average molecular weight is 372 g/mol. The lowest BCUT2D eigenvalue weighted by Gasteiger charge is -2.35. The third kappa shape index (κ3) is 4.17. The highest BCUT2D eigenvalue weighted by Crippen LogP contribution is 2.23. The summed E-state index contributed by atoms with van der Waals surface area (Å²) < 4.78 is 28.5. The quantitative estimate of drug-likeness (QED) is 0.858. The van der Waals surface area contributed by atoms with E-state index >= 15 is 0 Å². The largest absolute Gasteiger partial charge is 0.351 e. The van der Waals surface area contributed by atoms with Crippen LogP contribution >= 0.6 is 11.3 Å². The maximum absolute atomic E-state index is 12.7. The minimum absolute atomic E-state index is 0.0402. The number of rotatable bonds is 5. The van der Waals surface area contributed by atoms with E-state index in [0.29, 0.717) is 45.6 Å². The zero-order valence-corrected chi connectivity index (χ0v) is 15.4. The first-order valence-corrected chi connectivity index (χ1v) is 10.9. The molecule has 134 valence electrons. The van der Waals surface area contributed by atoms with Crippen molar-refractivity contribution in [3.63, 3.8) is 0 Å². The Balaban J connectivity index is 1.48. The van der Waals surface area contributed by atoms with Crippen LogP contribution in [0.5, 0.6) is 0 Å². The molecule has 0 radical (unpaired) electrons. The second kappa shape index (κ2) is 7.95. The van der Waals surface area contributed by atoms with Gasteiger partial charge in [-0.1, -0.05) is 12.5 Å². The van der Waals surface area contributed by atoms with Crippen molar-refractivity contribution in [2.24, 2.45) is 5.92 Å². The molecule has 2 saturated heterocycles. The van der Waals surface area contributed by atoms with Gasteiger partial charge in [-0.2, -0.15) is 17.0 Å². The minimum Gasteiger partial charge on any atom is -0.351 e. The summed E-state index contributed by atoms with van der Waals surface area (Å²) in [6.45, 7) is 2.70. The molecule has 0 atom stereocenters. The van der Waals surface area contributed by atoms with Crippen LogP contribution in [-0.4, -0.2) is 49.1 Å². The van der Waals surface area contributed by atoms with Crippen LogP contribution < -0.4 is 5.32 Å². The molecule has 24 heavy (non-hydrogen) atoms. The van der Waals surface area contributed by atoms with E-state index < -0.39 is 10.2 Å². The van der Waals surface area contributed by atoms with Crippen molar-refractivity contribution in [2.45, 2.75) is 38.6 Å². The standard InChI is InChI=1S/C16H25N3O3S2/c20-16(17-13-15-5-4-12-23-15)14-6-10-19(11-7-14)24(21,22)18-8-2-1-3-9-18/h4-5,12,14H,1-3,6-11,13H2,(H,17,20). The van der Waals surface area contributed by atoms with Gasteiger partial charge in [-0.15, -0.1) is 11.3 Å². The summed E-state index contributed by atoms with van der Waals surface area (Å²) in [5, 5.41) is 4.96. The summed E-state index contributed by atoms with van der Waals surface area (Å²) in [6, 6.07) is 3.97. The van der Waals surface area contributed by atoms with Crippen molar-refractivity contribution >= 4 is 27.5 Å². The third-order valence-corrected chi connectivity index (χ3v) is 7.72. The SMILES string of the molecule is O=C(NCc1cccs1)C1CCN(S(=O)(=O)N2CCCCC2)CC1. The Labute approximate surface area is 148 Å². The van der Waals surface area contributed by atoms with Crippen LogP contribution in [0.1, 0.15) is 37.0 Å². The normalized spacial score (nSPS) is 21.7. The molecule has 3 rings (SSSR count). The second-order valence-electron chi connectivity index (χ2n) is 6.44. The molecule has 1 aromatic heterocycles. The monoisotopic (exact) mass is 371 g/mol. The van der Waals surface area contributed by atoms with Crippen molar-refractivity contribution in [1.82, 2.24) is 13.9 Å². The van der Waals surface area contributed by atoms with Crippen LogP contribution in [-0.2, 0) is 21.5 Å². The van der Waals surface area contributed by atoms with Gasteiger partial charge in [0.2, 0.25) is 5.91 Å². The highest BCUT2D eigenvalue weighted by atomic mass is 32.2. The van der Waals surface area contributed by atoms with Crippen molar-refractivity contribution in [1.29, 1.82) is 0 Å². The summed E-state index contributed by atoms with van der Waals surface area (Å²) in [5.41, 5.74) is 0. The van der Waals surface area contributed by atoms with E-state index in [4.69, 9.17) is 0 Å². The molecular formula is C16H25N3O3S2. The van der Waals surface area contributed by atoms with Gasteiger partial charge < -0.3 is 5.32 Å². The molecule has 0 bridgehead atoms. The number of nitrogens with zero attached hydrogens (tertiary/aromatic N) is 2. The summed E-state index contributed by atoms with van der Waals surface area (Å²) in [5.74, 6) is -0.0452. The molecule has 1 N–H and O–H groups in total. The minimum atomic E-state index is -3.35. The summed E-state index contributed by atoms with van der Waals surface area (Å²) >= 11 is 1.62. The molecule has 2 aliphatic rings. The Hall–Kier alpha value is -0.960. The number of thiophene rings is 1. The molecule has 1 aromatic rings. The number of nitrogens with one attached hydrogen (secondary N) is 1. The van der Waals surface area contributed by atoms with Gasteiger partial charge >= 0.3 is 0 Å². The van der Waals surface area contributed by atoms with E-state index in [2.05, 4.69) is 5.32 Å². The Kier molecular flexibility index (Phi) is 5.91. The van der Waals surface area contributed by atoms with E-state index in [0.717, 1.165) is 24.1 Å². The smallest absolute Gasteiger partial charge is 0.281 e. The lowest BCUT2D eigenvalue weighted by atomic mass is 9.97. The third-order valence-electron chi connectivity index (χ3n) is 4.81. The van der Waals surface area contributed by atoms with Gasteiger partial charge in [0, 0.05) is 37.0 Å². The molecule has 2 aliphatic heterocycles. The molecule has 1 amide bonds. The lowest BCUT2D eigenvalue weighted by Crippen LogP contribution is -2.50. The molecule has 0 aromatic carbocycles. The van der Waals surface area contributed by atoms with Crippen LogP contribution in [0.4, 0.5) is 0 Å². The van der Waals surface area contributed by atoms with Gasteiger partial charge in [0.15, 0.2) is 0 Å². The predicted molar refractivity (Wildman–Crippen MR) is 94.8 cm³/mol. The Morgan fingerprint density at radius 3 is 2.42 bits per heavy atom. The first-order chi connectivity index (χ1) is 11.6. The van der Waals surface area contributed by atoms with E-state index in [9.17, 15) is 13.2 Å². The lowest BCUT2D eigenvalue weighted by molar-refractivity contribution is -0.126. The van der Waals surface area contributed by atoms with Gasteiger partial charge in [0.05, 0.1) is 6.54 Å². The number of amides is 1. The predicted octanol–water partition coefficient (Wildman–Crippen LogP) is 1.81. The second-order valence-corrected chi connectivity index (χ2v) is 9.40. The van der Waals surface area contributed by atoms with E-state index in [1.807, 2.05) is 17.5 Å². The fraction of sp³-hybridized carbons (Fsp3) is 0.688. The van der Waals surface area contributed by atoms with Gasteiger partial charge in [-0.3, -0.25) is 4.79 Å². The summed E-state index contributed by atoms with van der Waals surface area (Å²) in [7, 11) is -3.35. The van der Waals surface area contributed by atoms with Crippen molar-refractivity contribution in [3.05, 3.63) is 22.4 Å². The molecular weight excluding hydrogens is 346 g/mol. The van der Waals surface area contributed by atoms with Gasteiger partial charge in [0.25, 0.3) is 10.2 Å². The van der Waals surface area contributed by atoms with E-state index in [-0.39, 0.29) is 11.8 Å². The van der Waals surface area contributed by atoms with Crippen LogP contribution in [0.25, 0.3) is 0 Å². The number of carbonyl (C=O) groups excluding carboxylic acids is 1. The molecule has 0 spiro atoms. The van der Waals surface area contributed by atoms with E-state index in [1.54, 1.807) is 19.9 Å². The van der Waals surface area contributed by atoms with Gasteiger partial charge in [-0.25, -0.2) is 0 Å². The fourth-order valence-electron chi connectivity index (χ4n) is 3.34. The molecule has 8 heteroatoms. The van der Waals surface area contributed by atoms with E-state index in [1.165, 1.54) is 0 Å². The highest BCUT2D eigenvalue weighted by molar-refractivity contribution is 7.86. The molecule has 0 saturated carbocycles. The fourth-order valence-corrected chi connectivity index (χ4v) is 5.70. The summed E-state index contributed by atoms with van der Waals surface area (Å²) in [6.07, 6.45) is 4.20. The Bertz CT molecular complexity index is 632. The molecule has 3 heterocycles. The molecule has 6 nitrogen and oxygen atoms in total. The number of piperidine rings is 2. The summed E-state index contributed by atoms with van der Waals surface area (Å²) in [4.78, 5) is 13.4. The molecule has 0 unspecified atom stereocenters. The number of hydrogen-bond donors (Lipinski definition) is 1. The van der Waals surface area contributed by atoms with Crippen molar-refractivity contribution < 1.29 is 13.2 Å². The zero-order chi connectivity index (χ0) is 17.0. The highest BCUT2D eigenvalue weighted by Gasteiger charge is 2.35. The van der Waals surface area contributed by atoms with Crippen molar-refractivity contribution in [2.75, 3.05) is 26.2 Å². The number of carbonyl (C=O) groups is 1. The molecule has 2 fully saturated rings. The zero-order valence-electron chi connectivity index (χ0n) is 13.8. The number of hydrogen-bond acceptors (Lipinski definition) is 4. The maximum atomic E-state index is 12.7. The van der Waals surface area contributed by atoms with Crippen LogP contribution in [0.3, 0.4) is 0 Å². The Morgan fingerprint density at radius 2 is 1.79 bits per heavy atom. The Morgan fingerprint density at radius 1 is 1.12 bits per heavy atom. The maximum Gasteiger partial charge on any atom is 0.281 e. The topological polar surface area (TPSA) is 69.7 Å². The van der Waals surface area contributed by atoms with Crippen LogP contribution in [0.15, 0.2) is 17.5 Å². The van der Waals surface area contributed by atoms with Gasteiger partial charge in [-0.05, 0) is 37.1 Å². The first kappa shape index (κ1) is 17.8.